The van der Waals surface area contributed by atoms with Gasteiger partial charge in [-0.25, -0.2) is 8.42 Å². The first kappa shape index (κ1) is 16.4. The summed E-state index contributed by atoms with van der Waals surface area (Å²) in [5, 5.41) is 9.00. The van der Waals surface area contributed by atoms with E-state index in [-0.39, 0.29) is 0 Å². The van der Waals surface area contributed by atoms with Crippen molar-refractivity contribution in [2.45, 2.75) is 23.7 Å². The molecule has 1 aromatic carbocycles. The number of rotatable bonds is 4. The molecule has 0 spiro atoms. The predicted octanol–water partition coefficient (Wildman–Crippen LogP) is 2.90. The van der Waals surface area contributed by atoms with Crippen molar-refractivity contribution in [3.63, 3.8) is 0 Å². The summed E-state index contributed by atoms with van der Waals surface area (Å²) in [4.78, 5) is 0.345. The lowest BCUT2D eigenvalue weighted by Gasteiger charge is -2.30. The second-order valence-electron chi connectivity index (χ2n) is 6.04. The molecule has 0 N–H and O–H groups in total. The lowest BCUT2D eigenvalue weighted by Crippen LogP contribution is -2.37. The van der Waals surface area contributed by atoms with Crippen LogP contribution in [0.1, 0.15) is 23.8 Å². The van der Waals surface area contributed by atoms with Crippen LogP contribution in [0.3, 0.4) is 0 Å². The fraction of sp³-hybridized carbons (Fsp3) is 0.294. The van der Waals surface area contributed by atoms with Gasteiger partial charge in [-0.1, -0.05) is 0 Å². The van der Waals surface area contributed by atoms with Gasteiger partial charge in [-0.3, -0.25) is 0 Å². The zero-order chi connectivity index (χ0) is 17.3. The highest BCUT2D eigenvalue weighted by Crippen LogP contribution is 2.31. The Balaban J connectivity index is 1.48. The number of benzene rings is 1. The van der Waals surface area contributed by atoms with E-state index in [9.17, 15) is 8.42 Å². The Morgan fingerprint density at radius 2 is 1.72 bits per heavy atom. The molecular formula is C17H18N4O2S2. The summed E-state index contributed by atoms with van der Waals surface area (Å²) in [7, 11) is -3.45. The van der Waals surface area contributed by atoms with Crippen molar-refractivity contribution < 1.29 is 8.42 Å². The maximum absolute atomic E-state index is 12.9. The highest BCUT2D eigenvalue weighted by atomic mass is 32.2. The molecule has 1 aliphatic heterocycles. The summed E-state index contributed by atoms with van der Waals surface area (Å²) in [5.74, 6) is 0.315. The minimum absolute atomic E-state index is 0.315. The summed E-state index contributed by atoms with van der Waals surface area (Å²) < 4.78 is 29.3. The zero-order valence-electron chi connectivity index (χ0n) is 13.5. The van der Waals surface area contributed by atoms with Crippen LogP contribution in [0.2, 0.25) is 0 Å². The minimum atomic E-state index is -3.45. The highest BCUT2D eigenvalue weighted by Gasteiger charge is 2.30. The van der Waals surface area contributed by atoms with Crippen LogP contribution in [0.4, 0.5) is 0 Å². The Hall–Kier alpha value is -2.03. The van der Waals surface area contributed by atoms with Crippen LogP contribution >= 0.6 is 11.3 Å². The quantitative estimate of drug-likeness (QED) is 0.704. The number of sulfonamides is 1. The van der Waals surface area contributed by atoms with Gasteiger partial charge in [0.25, 0.3) is 0 Å². The molecule has 0 saturated carbocycles. The van der Waals surface area contributed by atoms with Crippen molar-refractivity contribution in [3.05, 3.63) is 59.3 Å². The third-order valence-corrected chi connectivity index (χ3v) is 7.33. The van der Waals surface area contributed by atoms with E-state index in [0.29, 0.717) is 23.9 Å². The molecule has 4 rings (SSSR count). The molecule has 25 heavy (non-hydrogen) atoms. The average molecular weight is 374 g/mol. The topological polar surface area (TPSA) is 68.1 Å². The SMILES string of the molecule is O=S(=O)(c1ccc(-n2cccc2)cc1)N1CCC(c2nncs2)CC1. The zero-order valence-corrected chi connectivity index (χ0v) is 15.2. The first-order valence-corrected chi connectivity index (χ1v) is 10.5. The van der Waals surface area contributed by atoms with Crippen LogP contribution in [-0.2, 0) is 10.0 Å². The van der Waals surface area contributed by atoms with Crippen LogP contribution in [0.15, 0.2) is 59.2 Å². The van der Waals surface area contributed by atoms with Gasteiger partial charge in [0, 0.05) is 37.1 Å². The van der Waals surface area contributed by atoms with Crippen molar-refractivity contribution in [3.8, 4) is 5.69 Å². The van der Waals surface area contributed by atoms with Crippen molar-refractivity contribution in [2.24, 2.45) is 0 Å². The van der Waals surface area contributed by atoms with Crippen molar-refractivity contribution >= 4 is 21.4 Å². The molecule has 3 aromatic rings. The normalized spacial score (nSPS) is 17.0. The third kappa shape index (κ3) is 3.24. The summed E-state index contributed by atoms with van der Waals surface area (Å²) in [6.45, 7) is 1.04. The average Bonchev–Trinajstić information content (AvgIpc) is 3.36. The Kier molecular flexibility index (Phi) is 4.41. The maximum Gasteiger partial charge on any atom is 0.243 e. The Morgan fingerprint density at radius 3 is 2.32 bits per heavy atom. The Labute approximate surface area is 150 Å². The monoisotopic (exact) mass is 374 g/mol. The molecule has 1 fully saturated rings. The second-order valence-corrected chi connectivity index (χ2v) is 8.84. The fourth-order valence-electron chi connectivity index (χ4n) is 3.15. The molecule has 0 amide bonds. The maximum atomic E-state index is 12.9. The summed E-state index contributed by atoms with van der Waals surface area (Å²) in [6, 6.07) is 10.9. The van der Waals surface area contributed by atoms with E-state index in [2.05, 4.69) is 10.2 Å². The second kappa shape index (κ2) is 6.70. The lowest BCUT2D eigenvalue weighted by atomic mass is 9.99. The predicted molar refractivity (Wildman–Crippen MR) is 96.4 cm³/mol. The largest absolute Gasteiger partial charge is 0.324 e. The van der Waals surface area contributed by atoms with Gasteiger partial charge in [0.1, 0.15) is 10.5 Å². The van der Waals surface area contributed by atoms with Crippen LogP contribution in [0.25, 0.3) is 5.69 Å². The molecule has 8 heteroatoms. The van der Waals surface area contributed by atoms with Gasteiger partial charge in [0.15, 0.2) is 0 Å². The van der Waals surface area contributed by atoms with Crippen LogP contribution in [0.5, 0.6) is 0 Å². The van der Waals surface area contributed by atoms with Gasteiger partial charge in [0.2, 0.25) is 10.0 Å². The van der Waals surface area contributed by atoms with Crippen molar-refractivity contribution in [1.29, 1.82) is 0 Å². The van der Waals surface area contributed by atoms with E-state index >= 15 is 0 Å². The van der Waals surface area contributed by atoms with E-state index in [4.69, 9.17) is 0 Å². The number of aromatic nitrogens is 3. The fourth-order valence-corrected chi connectivity index (χ4v) is 5.34. The molecule has 2 aromatic heterocycles. The van der Waals surface area contributed by atoms with Crippen LogP contribution in [0, 0.1) is 0 Å². The number of piperidine rings is 1. The van der Waals surface area contributed by atoms with Gasteiger partial charge in [0.05, 0.1) is 4.90 Å². The van der Waals surface area contributed by atoms with Crippen LogP contribution in [-0.4, -0.2) is 40.6 Å². The summed E-state index contributed by atoms with van der Waals surface area (Å²) in [6.07, 6.45) is 5.44. The molecule has 0 bridgehead atoms. The molecule has 0 radical (unpaired) electrons. The van der Waals surface area contributed by atoms with E-state index in [1.165, 1.54) is 0 Å². The van der Waals surface area contributed by atoms with E-state index in [0.717, 1.165) is 23.5 Å². The van der Waals surface area contributed by atoms with Gasteiger partial charge in [-0.05, 0) is 49.2 Å². The lowest BCUT2D eigenvalue weighted by molar-refractivity contribution is 0.318. The highest BCUT2D eigenvalue weighted by molar-refractivity contribution is 7.89. The van der Waals surface area contributed by atoms with Gasteiger partial charge >= 0.3 is 0 Å². The Morgan fingerprint density at radius 1 is 1.04 bits per heavy atom. The van der Waals surface area contributed by atoms with Gasteiger partial charge in [-0.15, -0.1) is 21.5 Å². The van der Waals surface area contributed by atoms with Crippen molar-refractivity contribution in [2.75, 3.05) is 13.1 Å². The standard InChI is InChI=1S/C17H18N4O2S2/c22-25(23,16-5-3-15(4-6-16)20-9-1-2-10-20)21-11-7-14(8-12-21)17-19-18-13-24-17/h1-6,9-10,13-14H,7-8,11-12H2. The smallest absolute Gasteiger partial charge is 0.243 e. The van der Waals surface area contributed by atoms with Crippen molar-refractivity contribution in [1.82, 2.24) is 19.1 Å². The van der Waals surface area contributed by atoms with Gasteiger partial charge in [-0.2, -0.15) is 4.31 Å². The minimum Gasteiger partial charge on any atom is -0.324 e. The molecule has 0 unspecified atom stereocenters. The third-order valence-electron chi connectivity index (χ3n) is 4.56. The number of nitrogens with zero attached hydrogens (tertiary/aromatic N) is 4. The summed E-state index contributed by atoms with van der Waals surface area (Å²) in [5.41, 5.74) is 2.67. The molecule has 3 heterocycles. The van der Waals surface area contributed by atoms with Crippen LogP contribution < -0.4 is 0 Å². The molecule has 130 valence electrons. The van der Waals surface area contributed by atoms with E-state index in [1.54, 1.807) is 33.3 Å². The number of hydrogen-bond acceptors (Lipinski definition) is 5. The molecule has 0 atom stereocenters. The first-order chi connectivity index (χ1) is 12.1. The molecule has 1 aliphatic rings. The Bertz CT molecular complexity index is 912. The summed E-state index contributed by atoms with van der Waals surface area (Å²) >= 11 is 1.54. The molecular weight excluding hydrogens is 356 g/mol. The first-order valence-electron chi connectivity index (χ1n) is 8.14. The molecule has 0 aliphatic carbocycles. The van der Waals surface area contributed by atoms with E-state index < -0.39 is 10.0 Å². The molecule has 1 saturated heterocycles. The van der Waals surface area contributed by atoms with E-state index in [1.807, 2.05) is 41.2 Å². The molecule has 6 nitrogen and oxygen atoms in total. The number of hydrogen-bond donors (Lipinski definition) is 0. The van der Waals surface area contributed by atoms with Gasteiger partial charge < -0.3 is 4.57 Å².